The number of allylic oxidation sites excluding steroid dienone is 3. The summed E-state index contributed by atoms with van der Waals surface area (Å²) in [7, 11) is 0. The third-order valence-electron chi connectivity index (χ3n) is 5.90. The van der Waals surface area contributed by atoms with Crippen molar-refractivity contribution in [1.82, 2.24) is 0 Å². The fraction of sp³-hybridized carbons (Fsp3) is 0.500. The van der Waals surface area contributed by atoms with Crippen molar-refractivity contribution in [2.45, 2.75) is 57.8 Å². The molecule has 0 spiro atoms. The average molecular weight is 357 g/mol. The Labute approximate surface area is 155 Å². The third kappa shape index (κ3) is 4.74. The maximum absolute atomic E-state index is 8.12. The first kappa shape index (κ1) is 19.8. The summed E-state index contributed by atoms with van der Waals surface area (Å²) in [5.41, 5.74) is 2.46. The maximum Gasteiger partial charge on any atom is 0.373 e. The van der Waals surface area contributed by atoms with Gasteiger partial charge >= 0.3 is 6.15 Å². The molecule has 134 valence electrons. The predicted molar refractivity (Wildman–Crippen MR) is 103 cm³/mol. The first-order valence-corrected chi connectivity index (χ1v) is 9.90. The molecule has 25 heavy (non-hydrogen) atoms. The Balaban J connectivity index is 0.000000701. The minimum Gasteiger partial charge on any atom is -0.186 e. The fourth-order valence-corrected chi connectivity index (χ4v) is 5.45. The van der Waals surface area contributed by atoms with Gasteiger partial charge in [-0.2, -0.15) is 9.59 Å². The largest absolute Gasteiger partial charge is 0.373 e. The molecule has 2 aliphatic carbocycles. The molecule has 0 N–H and O–H groups in total. The van der Waals surface area contributed by atoms with E-state index in [9.17, 15) is 0 Å². The Bertz CT molecular complexity index is 654. The van der Waals surface area contributed by atoms with E-state index >= 15 is 0 Å². The van der Waals surface area contributed by atoms with Gasteiger partial charge in [0.05, 0.1) is 0 Å². The molecular formula is C22H28O2S. The van der Waals surface area contributed by atoms with E-state index in [0.29, 0.717) is 10.8 Å². The van der Waals surface area contributed by atoms with Gasteiger partial charge in [0, 0.05) is 4.90 Å². The van der Waals surface area contributed by atoms with E-state index in [1.807, 2.05) is 11.8 Å². The highest BCUT2D eigenvalue weighted by Gasteiger charge is 2.48. The lowest BCUT2D eigenvalue weighted by Gasteiger charge is -2.53. The Hall–Kier alpha value is -1.57. The number of rotatable bonds is 3. The van der Waals surface area contributed by atoms with Gasteiger partial charge in [-0.3, -0.25) is 0 Å². The molecule has 3 heteroatoms. The normalized spacial score (nSPS) is 27.5. The molecule has 0 bridgehead atoms. The van der Waals surface area contributed by atoms with Crippen LogP contribution in [0.5, 0.6) is 0 Å². The van der Waals surface area contributed by atoms with Crippen LogP contribution in [0.25, 0.3) is 0 Å². The summed E-state index contributed by atoms with van der Waals surface area (Å²) in [5, 5.41) is 2.29. The van der Waals surface area contributed by atoms with Crippen LogP contribution in [-0.4, -0.2) is 6.15 Å². The van der Waals surface area contributed by atoms with Crippen molar-refractivity contribution in [2.24, 2.45) is 16.7 Å². The smallest absolute Gasteiger partial charge is 0.186 e. The topological polar surface area (TPSA) is 34.1 Å². The first-order chi connectivity index (χ1) is 11.9. The van der Waals surface area contributed by atoms with E-state index in [0.717, 1.165) is 5.92 Å². The Morgan fingerprint density at radius 2 is 1.80 bits per heavy atom. The van der Waals surface area contributed by atoms with Crippen LogP contribution in [0.15, 0.2) is 58.4 Å². The van der Waals surface area contributed by atoms with Crippen molar-refractivity contribution in [3.8, 4) is 0 Å². The second kappa shape index (κ2) is 8.69. The molecule has 0 radical (unpaired) electrons. The van der Waals surface area contributed by atoms with Crippen LogP contribution in [0.3, 0.4) is 0 Å². The number of carbonyl (C=O) groups excluding carboxylic acids is 2. The second-order valence-electron chi connectivity index (χ2n) is 7.87. The summed E-state index contributed by atoms with van der Waals surface area (Å²) in [5.74, 6) is 0.833. The van der Waals surface area contributed by atoms with Crippen LogP contribution in [0.4, 0.5) is 0 Å². The van der Waals surface area contributed by atoms with E-state index in [2.05, 4.69) is 68.7 Å². The lowest BCUT2D eigenvalue weighted by molar-refractivity contribution is -0.191. The summed E-state index contributed by atoms with van der Waals surface area (Å²) in [6.07, 6.45) is 11.9. The van der Waals surface area contributed by atoms with Crippen LogP contribution >= 0.6 is 11.8 Å². The number of hydrogen-bond acceptors (Lipinski definition) is 3. The van der Waals surface area contributed by atoms with Crippen molar-refractivity contribution in [3.63, 3.8) is 0 Å². The molecule has 2 aliphatic rings. The van der Waals surface area contributed by atoms with Gasteiger partial charge in [-0.15, -0.1) is 0 Å². The van der Waals surface area contributed by atoms with Crippen LogP contribution in [0.1, 0.15) is 52.9 Å². The summed E-state index contributed by atoms with van der Waals surface area (Å²) in [6.45, 7) is 7.49. The highest BCUT2D eigenvalue weighted by Crippen LogP contribution is 2.58. The maximum atomic E-state index is 8.12. The Morgan fingerprint density at radius 1 is 1.12 bits per heavy atom. The molecule has 0 amide bonds. The Morgan fingerprint density at radius 3 is 2.48 bits per heavy atom. The summed E-state index contributed by atoms with van der Waals surface area (Å²) in [6, 6.07) is 10.7. The standard InChI is InChI=1S/C21H28S.CO2/c1-20(2)14-8-15-21(3)17(9-7-12-19(20)21)13-16-22-18-10-5-4-6-11-18;2-1-3/h4-6,9-11,13,16,19H,7-8,12,14-15H2,1-3H3;/b16-13+;/t19-,21+;/m1./s1. The van der Waals surface area contributed by atoms with Gasteiger partial charge in [-0.1, -0.05) is 69.3 Å². The van der Waals surface area contributed by atoms with E-state index in [4.69, 9.17) is 9.59 Å². The van der Waals surface area contributed by atoms with E-state index in [-0.39, 0.29) is 6.15 Å². The van der Waals surface area contributed by atoms with Crippen LogP contribution < -0.4 is 0 Å². The minimum absolute atomic E-state index is 0.250. The quantitative estimate of drug-likeness (QED) is 0.599. The summed E-state index contributed by atoms with van der Waals surface area (Å²) >= 11 is 1.83. The highest BCUT2D eigenvalue weighted by molar-refractivity contribution is 8.02. The molecular weight excluding hydrogens is 328 g/mol. The zero-order valence-corrected chi connectivity index (χ0v) is 16.3. The lowest BCUT2D eigenvalue weighted by atomic mass is 9.51. The second-order valence-corrected chi connectivity index (χ2v) is 8.85. The van der Waals surface area contributed by atoms with Crippen LogP contribution in [0, 0.1) is 16.7 Å². The number of hydrogen-bond donors (Lipinski definition) is 0. The van der Waals surface area contributed by atoms with E-state index in [1.54, 1.807) is 5.57 Å². The van der Waals surface area contributed by atoms with E-state index in [1.165, 1.54) is 37.0 Å². The van der Waals surface area contributed by atoms with Gasteiger partial charge in [0.25, 0.3) is 0 Å². The first-order valence-electron chi connectivity index (χ1n) is 9.02. The molecule has 1 saturated carbocycles. The zero-order chi connectivity index (χ0) is 18.3. The molecule has 1 fully saturated rings. The van der Waals surface area contributed by atoms with Gasteiger partial charge in [-0.25, -0.2) is 0 Å². The van der Waals surface area contributed by atoms with Crippen LogP contribution in [-0.2, 0) is 9.59 Å². The average Bonchev–Trinajstić information content (AvgIpc) is 2.57. The van der Waals surface area contributed by atoms with Crippen molar-refractivity contribution < 1.29 is 9.59 Å². The lowest BCUT2D eigenvalue weighted by Crippen LogP contribution is -2.44. The van der Waals surface area contributed by atoms with Gasteiger partial charge in [-0.05, 0) is 65.5 Å². The van der Waals surface area contributed by atoms with Gasteiger partial charge < -0.3 is 0 Å². The SMILES string of the molecule is CC1(C)CCC[C@@]2(C)C(/C=C/Sc3ccccc3)=CCC[C@H]12.O=C=O. The van der Waals surface area contributed by atoms with Crippen LogP contribution in [0.2, 0.25) is 0 Å². The van der Waals surface area contributed by atoms with Gasteiger partial charge in [0.15, 0.2) is 0 Å². The number of benzene rings is 1. The molecule has 1 aromatic rings. The summed E-state index contributed by atoms with van der Waals surface area (Å²) in [4.78, 5) is 17.6. The van der Waals surface area contributed by atoms with Crippen molar-refractivity contribution >= 4 is 17.9 Å². The highest BCUT2D eigenvalue weighted by atomic mass is 32.2. The Kier molecular flexibility index (Phi) is 6.87. The number of thioether (sulfide) groups is 1. The van der Waals surface area contributed by atoms with Crippen molar-refractivity contribution in [1.29, 1.82) is 0 Å². The zero-order valence-electron chi connectivity index (χ0n) is 15.5. The van der Waals surface area contributed by atoms with Crippen molar-refractivity contribution in [2.75, 3.05) is 0 Å². The third-order valence-corrected chi connectivity index (χ3v) is 6.72. The summed E-state index contributed by atoms with van der Waals surface area (Å²) < 4.78 is 0. The molecule has 1 aromatic carbocycles. The van der Waals surface area contributed by atoms with Gasteiger partial charge in [0.1, 0.15) is 0 Å². The molecule has 0 saturated heterocycles. The molecule has 2 atom stereocenters. The molecule has 0 heterocycles. The molecule has 0 aromatic heterocycles. The van der Waals surface area contributed by atoms with Gasteiger partial charge in [0.2, 0.25) is 0 Å². The molecule has 0 aliphatic heterocycles. The number of fused-ring (bicyclic) bond motifs is 1. The molecule has 0 unspecified atom stereocenters. The molecule has 3 rings (SSSR count). The minimum atomic E-state index is 0.250. The monoisotopic (exact) mass is 356 g/mol. The fourth-order valence-electron chi connectivity index (χ4n) is 4.76. The van der Waals surface area contributed by atoms with E-state index < -0.39 is 0 Å². The van der Waals surface area contributed by atoms with Crippen molar-refractivity contribution in [3.05, 3.63) is 53.5 Å². The predicted octanol–water partition coefficient (Wildman–Crippen LogP) is 6.26. The molecule has 2 nitrogen and oxygen atoms in total.